The second-order valence-electron chi connectivity index (χ2n) is 6.69. The molecule has 0 saturated carbocycles. The Labute approximate surface area is 170 Å². The Morgan fingerprint density at radius 2 is 1.38 bits per heavy atom. The summed E-state index contributed by atoms with van der Waals surface area (Å²) >= 11 is 0. The normalized spacial score (nSPS) is 11.3. The molecular formula is C23H21N3O2S. The standard InChI is InChI=1S/C23H21N3O2S/c1-19-23(18-25(24-19)21-13-7-3-8-14-21)29(27,28)26(22-15-9-4-10-16-22)17-20-11-5-2-6-12-20/h2-16,18H,17H2,1H3. The highest BCUT2D eigenvalue weighted by atomic mass is 32.2. The average molecular weight is 404 g/mol. The van der Waals surface area contributed by atoms with Crippen molar-refractivity contribution in [2.75, 3.05) is 4.31 Å². The van der Waals surface area contributed by atoms with Crippen LogP contribution >= 0.6 is 0 Å². The molecule has 0 aliphatic heterocycles. The molecule has 0 atom stereocenters. The van der Waals surface area contributed by atoms with Crippen LogP contribution in [0, 0.1) is 6.92 Å². The minimum Gasteiger partial charge on any atom is -0.262 e. The summed E-state index contributed by atoms with van der Waals surface area (Å²) in [4.78, 5) is 0.195. The SMILES string of the molecule is Cc1nn(-c2ccccc2)cc1S(=O)(=O)N(Cc1ccccc1)c1ccccc1. The molecule has 1 aromatic heterocycles. The summed E-state index contributed by atoms with van der Waals surface area (Å²) < 4.78 is 30.4. The second-order valence-corrected chi connectivity index (χ2v) is 8.52. The van der Waals surface area contributed by atoms with Crippen molar-refractivity contribution in [3.63, 3.8) is 0 Å². The summed E-state index contributed by atoms with van der Waals surface area (Å²) in [6, 6.07) is 28.2. The lowest BCUT2D eigenvalue weighted by molar-refractivity contribution is 0.590. The summed E-state index contributed by atoms with van der Waals surface area (Å²) in [5, 5.41) is 4.44. The minimum atomic E-state index is -3.82. The van der Waals surface area contributed by atoms with Gasteiger partial charge in [-0.1, -0.05) is 66.7 Å². The van der Waals surface area contributed by atoms with Crippen molar-refractivity contribution in [3.05, 3.63) is 108 Å². The highest BCUT2D eigenvalue weighted by molar-refractivity contribution is 7.92. The fourth-order valence-electron chi connectivity index (χ4n) is 3.19. The van der Waals surface area contributed by atoms with E-state index in [-0.39, 0.29) is 11.4 Å². The first kappa shape index (κ1) is 19.0. The van der Waals surface area contributed by atoms with Crippen LogP contribution in [0.4, 0.5) is 5.69 Å². The molecule has 3 aromatic carbocycles. The first-order valence-corrected chi connectivity index (χ1v) is 10.7. The Morgan fingerprint density at radius 1 is 0.828 bits per heavy atom. The predicted octanol–water partition coefficient (Wildman–Crippen LogP) is 4.58. The molecule has 6 heteroatoms. The van der Waals surface area contributed by atoms with Gasteiger partial charge in [0.1, 0.15) is 4.90 Å². The maximum atomic E-state index is 13.7. The molecule has 0 unspecified atom stereocenters. The van der Waals surface area contributed by atoms with Crippen LogP contribution in [-0.2, 0) is 16.6 Å². The van der Waals surface area contributed by atoms with Crippen molar-refractivity contribution in [3.8, 4) is 5.69 Å². The fraction of sp³-hybridized carbons (Fsp3) is 0.0870. The van der Waals surface area contributed by atoms with Crippen LogP contribution in [0.25, 0.3) is 5.69 Å². The molecule has 0 amide bonds. The molecule has 29 heavy (non-hydrogen) atoms. The number of para-hydroxylation sites is 2. The van der Waals surface area contributed by atoms with Gasteiger partial charge >= 0.3 is 0 Å². The minimum absolute atomic E-state index is 0.195. The van der Waals surface area contributed by atoms with Crippen LogP contribution < -0.4 is 4.31 Å². The first-order chi connectivity index (χ1) is 14.1. The Balaban J connectivity index is 1.79. The van der Waals surface area contributed by atoms with Crippen LogP contribution in [0.3, 0.4) is 0 Å². The predicted molar refractivity (Wildman–Crippen MR) is 115 cm³/mol. The third kappa shape index (κ3) is 3.93. The van der Waals surface area contributed by atoms with E-state index in [1.807, 2.05) is 78.9 Å². The topological polar surface area (TPSA) is 55.2 Å². The summed E-state index contributed by atoms with van der Waals surface area (Å²) in [5.41, 5.74) is 2.80. The molecule has 0 aliphatic rings. The second kappa shape index (κ2) is 7.93. The van der Waals surface area contributed by atoms with E-state index >= 15 is 0 Å². The Hall–Kier alpha value is -3.38. The zero-order valence-corrected chi connectivity index (χ0v) is 16.8. The largest absolute Gasteiger partial charge is 0.268 e. The lowest BCUT2D eigenvalue weighted by Crippen LogP contribution is -2.30. The van der Waals surface area contributed by atoms with E-state index < -0.39 is 10.0 Å². The Morgan fingerprint density at radius 3 is 2.00 bits per heavy atom. The van der Waals surface area contributed by atoms with Crippen molar-refractivity contribution in [2.24, 2.45) is 0 Å². The number of hydrogen-bond donors (Lipinski definition) is 0. The van der Waals surface area contributed by atoms with Crippen molar-refractivity contribution in [1.82, 2.24) is 9.78 Å². The summed E-state index contributed by atoms with van der Waals surface area (Å²) in [5.74, 6) is 0. The molecule has 4 aromatic rings. The molecule has 4 rings (SSSR count). The molecule has 1 heterocycles. The molecule has 5 nitrogen and oxygen atoms in total. The number of benzene rings is 3. The van der Waals surface area contributed by atoms with Gasteiger partial charge in [0, 0.05) is 0 Å². The van der Waals surface area contributed by atoms with Crippen molar-refractivity contribution >= 4 is 15.7 Å². The summed E-state index contributed by atoms with van der Waals surface area (Å²) in [6.07, 6.45) is 1.58. The van der Waals surface area contributed by atoms with Gasteiger partial charge in [0.2, 0.25) is 0 Å². The maximum Gasteiger partial charge on any atom is 0.268 e. The Bertz CT molecular complexity index is 1190. The fourth-order valence-corrected chi connectivity index (χ4v) is 4.79. The lowest BCUT2D eigenvalue weighted by atomic mass is 10.2. The Kier molecular flexibility index (Phi) is 5.18. The van der Waals surface area contributed by atoms with Crippen LogP contribution in [-0.4, -0.2) is 18.2 Å². The van der Waals surface area contributed by atoms with Crippen LogP contribution in [0.1, 0.15) is 11.3 Å². The van der Waals surface area contributed by atoms with Gasteiger partial charge in [-0.3, -0.25) is 4.31 Å². The first-order valence-electron chi connectivity index (χ1n) is 9.29. The zero-order chi connectivity index (χ0) is 20.3. The molecule has 0 bridgehead atoms. The van der Waals surface area contributed by atoms with E-state index in [1.54, 1.807) is 29.9 Å². The third-order valence-electron chi connectivity index (χ3n) is 4.66. The van der Waals surface area contributed by atoms with Crippen molar-refractivity contribution in [2.45, 2.75) is 18.4 Å². The van der Waals surface area contributed by atoms with Crippen molar-refractivity contribution < 1.29 is 8.42 Å². The average Bonchev–Trinajstić information content (AvgIpc) is 3.16. The van der Waals surface area contributed by atoms with Gasteiger partial charge in [-0.15, -0.1) is 0 Å². The molecule has 0 N–H and O–H groups in total. The van der Waals surface area contributed by atoms with Gasteiger partial charge in [0.05, 0.1) is 29.8 Å². The van der Waals surface area contributed by atoms with E-state index in [2.05, 4.69) is 5.10 Å². The quantitative estimate of drug-likeness (QED) is 0.474. The van der Waals surface area contributed by atoms with E-state index in [0.717, 1.165) is 11.3 Å². The number of hydrogen-bond acceptors (Lipinski definition) is 3. The monoisotopic (exact) mass is 403 g/mol. The van der Waals surface area contributed by atoms with Crippen molar-refractivity contribution in [1.29, 1.82) is 0 Å². The third-order valence-corrected chi connectivity index (χ3v) is 6.53. The molecule has 0 aliphatic carbocycles. The van der Waals surface area contributed by atoms with E-state index in [9.17, 15) is 8.42 Å². The van der Waals surface area contributed by atoms with Crippen LogP contribution in [0.2, 0.25) is 0 Å². The van der Waals surface area contributed by atoms with E-state index in [4.69, 9.17) is 0 Å². The molecule has 0 fully saturated rings. The maximum absolute atomic E-state index is 13.7. The number of rotatable bonds is 6. The molecular weight excluding hydrogens is 382 g/mol. The molecule has 146 valence electrons. The number of nitrogens with zero attached hydrogens (tertiary/aromatic N) is 3. The van der Waals surface area contributed by atoms with Gasteiger partial charge in [-0.25, -0.2) is 13.1 Å². The van der Waals surface area contributed by atoms with E-state index in [0.29, 0.717) is 11.4 Å². The molecule has 0 spiro atoms. The van der Waals surface area contributed by atoms with Gasteiger partial charge < -0.3 is 0 Å². The van der Waals surface area contributed by atoms with Gasteiger partial charge in [0.25, 0.3) is 10.0 Å². The van der Waals surface area contributed by atoms with E-state index in [1.165, 1.54) is 4.31 Å². The number of aromatic nitrogens is 2. The smallest absolute Gasteiger partial charge is 0.262 e. The van der Waals surface area contributed by atoms with Crippen LogP contribution in [0.15, 0.2) is 102 Å². The van der Waals surface area contributed by atoms with Gasteiger partial charge in [-0.2, -0.15) is 5.10 Å². The zero-order valence-electron chi connectivity index (χ0n) is 16.0. The summed E-state index contributed by atoms with van der Waals surface area (Å²) in [6.45, 7) is 1.96. The number of sulfonamides is 1. The summed E-state index contributed by atoms with van der Waals surface area (Å²) in [7, 11) is -3.82. The van der Waals surface area contributed by atoms with Gasteiger partial charge in [-0.05, 0) is 36.8 Å². The highest BCUT2D eigenvalue weighted by Gasteiger charge is 2.29. The number of anilines is 1. The molecule has 0 radical (unpaired) electrons. The molecule has 0 saturated heterocycles. The van der Waals surface area contributed by atoms with Crippen LogP contribution in [0.5, 0.6) is 0 Å². The number of aryl methyl sites for hydroxylation is 1. The van der Waals surface area contributed by atoms with Gasteiger partial charge in [0.15, 0.2) is 0 Å². The highest BCUT2D eigenvalue weighted by Crippen LogP contribution is 2.28. The lowest BCUT2D eigenvalue weighted by Gasteiger charge is -2.24.